The smallest absolute Gasteiger partial charge is 0.226 e. The summed E-state index contributed by atoms with van der Waals surface area (Å²) < 4.78 is 0. The molecule has 0 radical (unpaired) electrons. The number of nitrogens with zero attached hydrogens (tertiary/aromatic N) is 2. The fraction of sp³-hybridized carbons (Fsp3) is 0.400. The van der Waals surface area contributed by atoms with E-state index in [4.69, 9.17) is 5.11 Å². The van der Waals surface area contributed by atoms with Gasteiger partial charge in [-0.3, -0.25) is 9.78 Å². The normalized spacial score (nSPS) is 12.1. The molecule has 2 rings (SSSR count). The topological polar surface area (TPSA) is 75.1 Å². The number of pyridine rings is 1. The monoisotopic (exact) mass is 305 g/mol. The fourth-order valence-electron chi connectivity index (χ4n) is 1.96. The lowest BCUT2D eigenvalue weighted by molar-refractivity contribution is -0.121. The Morgan fingerprint density at radius 2 is 2.33 bits per heavy atom. The number of aliphatic hydroxyl groups excluding tert-OH is 1. The van der Waals surface area contributed by atoms with Crippen molar-refractivity contribution >= 4 is 17.2 Å². The number of amides is 1. The molecule has 5 nitrogen and oxygen atoms in total. The Kier molecular flexibility index (Phi) is 5.83. The molecular weight excluding hydrogens is 286 g/mol. The Bertz CT molecular complexity index is 571. The molecule has 0 aliphatic rings. The maximum Gasteiger partial charge on any atom is 0.226 e. The van der Waals surface area contributed by atoms with E-state index in [-0.39, 0.29) is 25.0 Å². The maximum atomic E-state index is 11.9. The molecule has 1 unspecified atom stereocenters. The molecule has 6 heteroatoms. The van der Waals surface area contributed by atoms with Crippen molar-refractivity contribution in [2.45, 2.75) is 32.2 Å². The van der Waals surface area contributed by atoms with Crippen LogP contribution in [0.5, 0.6) is 0 Å². The van der Waals surface area contributed by atoms with E-state index in [1.165, 1.54) is 11.3 Å². The molecule has 1 atom stereocenters. The summed E-state index contributed by atoms with van der Waals surface area (Å²) >= 11 is 1.49. The first-order valence-corrected chi connectivity index (χ1v) is 7.83. The third-order valence-electron chi connectivity index (χ3n) is 2.98. The number of aliphatic hydroxyl groups is 1. The number of hydrogen-bond acceptors (Lipinski definition) is 5. The first-order valence-electron chi connectivity index (χ1n) is 6.95. The van der Waals surface area contributed by atoms with E-state index < -0.39 is 0 Å². The molecule has 2 aromatic heterocycles. The van der Waals surface area contributed by atoms with Crippen LogP contribution in [-0.2, 0) is 11.2 Å². The summed E-state index contributed by atoms with van der Waals surface area (Å²) in [4.78, 5) is 20.6. The van der Waals surface area contributed by atoms with Gasteiger partial charge in [0.2, 0.25) is 5.91 Å². The molecule has 0 bridgehead atoms. The molecule has 2 aromatic rings. The van der Waals surface area contributed by atoms with Crippen molar-refractivity contribution in [3.8, 4) is 10.7 Å². The second kappa shape index (κ2) is 7.85. The molecule has 2 heterocycles. The van der Waals surface area contributed by atoms with Gasteiger partial charge in [-0.25, -0.2) is 4.98 Å². The summed E-state index contributed by atoms with van der Waals surface area (Å²) in [6, 6.07) is 5.75. The minimum atomic E-state index is -0.0432. The molecule has 1 amide bonds. The van der Waals surface area contributed by atoms with Gasteiger partial charge in [0.1, 0.15) is 5.01 Å². The van der Waals surface area contributed by atoms with E-state index in [0.717, 1.165) is 22.8 Å². The highest BCUT2D eigenvalue weighted by atomic mass is 32.1. The fourth-order valence-corrected chi connectivity index (χ4v) is 2.75. The zero-order valence-corrected chi connectivity index (χ0v) is 12.8. The average molecular weight is 305 g/mol. The van der Waals surface area contributed by atoms with E-state index in [9.17, 15) is 4.79 Å². The van der Waals surface area contributed by atoms with Crippen LogP contribution >= 0.6 is 11.3 Å². The lowest BCUT2D eigenvalue weighted by Crippen LogP contribution is -2.33. The van der Waals surface area contributed by atoms with Crippen LogP contribution in [0.15, 0.2) is 29.8 Å². The van der Waals surface area contributed by atoms with Crippen LogP contribution in [0, 0.1) is 0 Å². The number of rotatable bonds is 7. The lowest BCUT2D eigenvalue weighted by atomic mass is 10.2. The summed E-state index contributed by atoms with van der Waals surface area (Å²) in [5.41, 5.74) is 1.58. The molecule has 112 valence electrons. The van der Waals surface area contributed by atoms with Crippen molar-refractivity contribution in [3.05, 3.63) is 35.5 Å². The van der Waals surface area contributed by atoms with Gasteiger partial charge in [0.05, 0.1) is 17.8 Å². The highest BCUT2D eigenvalue weighted by Crippen LogP contribution is 2.21. The van der Waals surface area contributed by atoms with Crippen molar-refractivity contribution in [1.29, 1.82) is 0 Å². The second-order valence-electron chi connectivity index (χ2n) is 4.87. The van der Waals surface area contributed by atoms with E-state index in [0.29, 0.717) is 6.42 Å². The molecule has 2 N–H and O–H groups in total. The van der Waals surface area contributed by atoms with Crippen LogP contribution in [0.2, 0.25) is 0 Å². The largest absolute Gasteiger partial charge is 0.396 e. The molecule has 0 aliphatic carbocycles. The molecule has 0 aromatic carbocycles. The quantitative estimate of drug-likeness (QED) is 0.820. The van der Waals surface area contributed by atoms with E-state index >= 15 is 0 Å². The van der Waals surface area contributed by atoms with E-state index in [1.807, 2.05) is 30.5 Å². The summed E-state index contributed by atoms with van der Waals surface area (Å²) in [6.07, 6.45) is 3.47. The highest BCUT2D eigenvalue weighted by molar-refractivity contribution is 7.13. The minimum absolute atomic E-state index is 0.0432. The number of carbonyl (C=O) groups is 1. The van der Waals surface area contributed by atoms with Gasteiger partial charge in [-0.2, -0.15) is 0 Å². The summed E-state index contributed by atoms with van der Waals surface area (Å²) in [7, 11) is 0. The number of nitrogens with one attached hydrogen (secondary N) is 1. The molecule has 0 saturated heterocycles. The van der Waals surface area contributed by atoms with Crippen LogP contribution in [0.25, 0.3) is 10.7 Å². The van der Waals surface area contributed by atoms with Gasteiger partial charge < -0.3 is 10.4 Å². The van der Waals surface area contributed by atoms with Crippen LogP contribution in [-0.4, -0.2) is 33.6 Å². The SMILES string of the molecule is CC(CCCO)NC(=O)Cc1csc(-c2ccccn2)n1. The number of hydrogen-bond donors (Lipinski definition) is 2. The Labute approximate surface area is 128 Å². The average Bonchev–Trinajstić information content (AvgIpc) is 2.94. The predicted molar refractivity (Wildman–Crippen MR) is 83.0 cm³/mol. The van der Waals surface area contributed by atoms with Crippen LogP contribution in [0.3, 0.4) is 0 Å². The zero-order chi connectivity index (χ0) is 15.1. The first-order chi connectivity index (χ1) is 10.2. The van der Waals surface area contributed by atoms with Gasteiger partial charge in [0.25, 0.3) is 0 Å². The van der Waals surface area contributed by atoms with Gasteiger partial charge >= 0.3 is 0 Å². The predicted octanol–water partition coefficient (Wildman–Crippen LogP) is 2.02. The summed E-state index contributed by atoms with van der Waals surface area (Å²) in [5, 5.41) is 14.4. The van der Waals surface area contributed by atoms with Crippen molar-refractivity contribution in [3.63, 3.8) is 0 Å². The van der Waals surface area contributed by atoms with Gasteiger partial charge in [-0.05, 0) is 31.9 Å². The molecule has 0 fully saturated rings. The van der Waals surface area contributed by atoms with Gasteiger partial charge in [0.15, 0.2) is 0 Å². The van der Waals surface area contributed by atoms with Crippen LogP contribution in [0.4, 0.5) is 0 Å². The molecule has 21 heavy (non-hydrogen) atoms. The Morgan fingerprint density at radius 3 is 3.05 bits per heavy atom. The van der Waals surface area contributed by atoms with Gasteiger partial charge in [-0.1, -0.05) is 6.07 Å². The molecule has 0 saturated carbocycles. The summed E-state index contributed by atoms with van der Waals surface area (Å²) in [5.74, 6) is -0.0432. The lowest BCUT2D eigenvalue weighted by Gasteiger charge is -2.12. The highest BCUT2D eigenvalue weighted by Gasteiger charge is 2.11. The van der Waals surface area contributed by atoms with Crippen molar-refractivity contribution in [1.82, 2.24) is 15.3 Å². The molecule has 0 spiro atoms. The zero-order valence-electron chi connectivity index (χ0n) is 12.0. The first kappa shape index (κ1) is 15.6. The maximum absolute atomic E-state index is 11.9. The number of thiazole rings is 1. The van der Waals surface area contributed by atoms with E-state index in [1.54, 1.807) is 6.20 Å². The van der Waals surface area contributed by atoms with E-state index in [2.05, 4.69) is 15.3 Å². The molecule has 0 aliphatic heterocycles. The van der Waals surface area contributed by atoms with Crippen LogP contribution < -0.4 is 5.32 Å². The van der Waals surface area contributed by atoms with Crippen molar-refractivity contribution in [2.75, 3.05) is 6.61 Å². The van der Waals surface area contributed by atoms with Crippen LogP contribution in [0.1, 0.15) is 25.5 Å². The number of aromatic nitrogens is 2. The van der Waals surface area contributed by atoms with Crippen molar-refractivity contribution < 1.29 is 9.90 Å². The third kappa shape index (κ3) is 4.91. The minimum Gasteiger partial charge on any atom is -0.396 e. The molecular formula is C15H19N3O2S. The van der Waals surface area contributed by atoms with Gasteiger partial charge in [0, 0.05) is 24.2 Å². The Morgan fingerprint density at radius 1 is 1.48 bits per heavy atom. The number of carbonyl (C=O) groups excluding carboxylic acids is 1. The Hall–Kier alpha value is -1.79. The third-order valence-corrected chi connectivity index (χ3v) is 3.89. The standard InChI is InChI=1S/C15H19N3O2S/c1-11(5-4-8-19)17-14(20)9-12-10-21-15(18-12)13-6-2-3-7-16-13/h2-3,6-7,10-11,19H,4-5,8-9H2,1H3,(H,17,20). The van der Waals surface area contributed by atoms with Gasteiger partial charge in [-0.15, -0.1) is 11.3 Å². The van der Waals surface area contributed by atoms with Crippen molar-refractivity contribution in [2.24, 2.45) is 0 Å². The second-order valence-corrected chi connectivity index (χ2v) is 5.73. The Balaban J connectivity index is 1.89. The summed E-state index contributed by atoms with van der Waals surface area (Å²) in [6.45, 7) is 2.09.